The van der Waals surface area contributed by atoms with Crippen LogP contribution in [0.2, 0.25) is 0 Å². The fraction of sp³-hybridized carbons (Fsp3) is 0.619. The topological polar surface area (TPSA) is 72.4 Å². The zero-order valence-electron chi connectivity index (χ0n) is 16.5. The van der Waals surface area contributed by atoms with E-state index in [9.17, 15) is 4.79 Å². The number of carbonyl (C=O) groups excluding carboxylic acids is 1. The van der Waals surface area contributed by atoms with Gasteiger partial charge < -0.3 is 24.5 Å². The molecule has 1 aromatic carbocycles. The normalized spacial score (nSPS) is 21.2. The van der Waals surface area contributed by atoms with Crippen molar-refractivity contribution in [2.45, 2.75) is 51.2 Å². The van der Waals surface area contributed by atoms with Gasteiger partial charge in [-0.25, -0.2) is 0 Å². The van der Waals surface area contributed by atoms with Crippen molar-refractivity contribution in [1.29, 1.82) is 0 Å². The van der Waals surface area contributed by atoms with Gasteiger partial charge in [-0.15, -0.1) is 0 Å². The van der Waals surface area contributed by atoms with Gasteiger partial charge in [0, 0.05) is 37.3 Å². The molecule has 28 heavy (non-hydrogen) atoms. The van der Waals surface area contributed by atoms with Crippen LogP contribution in [0.1, 0.15) is 44.1 Å². The molecule has 1 aromatic rings. The lowest BCUT2D eigenvalue weighted by Crippen LogP contribution is -2.35. The first kappa shape index (κ1) is 19.2. The third-order valence-electron chi connectivity index (χ3n) is 5.75. The predicted octanol–water partition coefficient (Wildman–Crippen LogP) is 3.22. The molecule has 0 radical (unpaired) electrons. The van der Waals surface area contributed by atoms with Gasteiger partial charge in [0.15, 0.2) is 12.4 Å². The van der Waals surface area contributed by atoms with Crippen molar-refractivity contribution in [1.82, 2.24) is 0 Å². The summed E-state index contributed by atoms with van der Waals surface area (Å²) in [5.74, 6) is -0.606. The predicted molar refractivity (Wildman–Crippen MR) is 108 cm³/mol. The van der Waals surface area contributed by atoms with Gasteiger partial charge in [-0.2, -0.15) is 0 Å². The average Bonchev–Trinajstić information content (AvgIpc) is 3.38. The van der Waals surface area contributed by atoms with E-state index in [4.69, 9.17) is 14.3 Å². The second-order valence-corrected chi connectivity index (χ2v) is 7.78. The molecule has 1 spiro atoms. The van der Waals surface area contributed by atoms with Crippen molar-refractivity contribution in [2.75, 3.05) is 43.1 Å². The summed E-state index contributed by atoms with van der Waals surface area (Å²) in [6, 6.07) is 6.17. The van der Waals surface area contributed by atoms with Crippen LogP contribution in [0, 0.1) is 6.92 Å². The fourth-order valence-electron chi connectivity index (χ4n) is 4.13. The van der Waals surface area contributed by atoms with Crippen LogP contribution in [0.25, 0.3) is 0 Å². The monoisotopic (exact) mass is 387 g/mol. The molecule has 2 aliphatic heterocycles. The minimum absolute atomic E-state index is 0.0883. The quantitative estimate of drug-likeness (QED) is 0.786. The Balaban J connectivity index is 1.23. The van der Waals surface area contributed by atoms with Crippen LogP contribution >= 0.6 is 0 Å². The number of anilines is 2. The van der Waals surface area contributed by atoms with E-state index in [2.05, 4.69) is 27.5 Å². The SMILES string of the molecule is Cc1cc(N2CCCC2)ccc1NC(=O)CON=C1CCC2(CC1)OCCO2. The smallest absolute Gasteiger partial charge is 0.265 e. The number of amides is 1. The Kier molecular flexibility index (Phi) is 5.82. The molecule has 0 aromatic heterocycles. The van der Waals surface area contributed by atoms with Crippen molar-refractivity contribution < 1.29 is 19.1 Å². The number of ether oxygens (including phenoxy) is 2. The minimum Gasteiger partial charge on any atom is -0.386 e. The number of nitrogens with zero attached hydrogens (tertiary/aromatic N) is 2. The molecule has 1 N–H and O–H groups in total. The van der Waals surface area contributed by atoms with Crippen LogP contribution in [0.15, 0.2) is 23.4 Å². The van der Waals surface area contributed by atoms with Gasteiger partial charge in [0.2, 0.25) is 0 Å². The first-order valence-electron chi connectivity index (χ1n) is 10.2. The molecule has 0 bridgehead atoms. The van der Waals surface area contributed by atoms with Crippen LogP contribution in [0.4, 0.5) is 11.4 Å². The summed E-state index contributed by atoms with van der Waals surface area (Å²) in [6.45, 7) is 5.48. The molecule has 7 heteroatoms. The number of benzene rings is 1. The van der Waals surface area contributed by atoms with E-state index in [-0.39, 0.29) is 12.5 Å². The molecule has 2 heterocycles. The Labute approximate surface area is 166 Å². The van der Waals surface area contributed by atoms with Gasteiger partial charge in [-0.3, -0.25) is 4.79 Å². The summed E-state index contributed by atoms with van der Waals surface area (Å²) < 4.78 is 11.4. The fourth-order valence-corrected chi connectivity index (χ4v) is 4.13. The highest BCUT2D eigenvalue weighted by atomic mass is 16.7. The van der Waals surface area contributed by atoms with Crippen LogP contribution in [0.3, 0.4) is 0 Å². The first-order chi connectivity index (χ1) is 13.6. The Morgan fingerprint density at radius 2 is 1.93 bits per heavy atom. The highest BCUT2D eigenvalue weighted by molar-refractivity contribution is 5.93. The highest BCUT2D eigenvalue weighted by Crippen LogP contribution is 2.34. The molecule has 2 saturated heterocycles. The molecule has 1 aliphatic carbocycles. The summed E-state index contributed by atoms with van der Waals surface area (Å²) in [5.41, 5.74) is 4.06. The maximum absolute atomic E-state index is 12.2. The largest absolute Gasteiger partial charge is 0.386 e. The summed E-state index contributed by atoms with van der Waals surface area (Å²) in [5, 5.41) is 7.06. The molecule has 3 fully saturated rings. The molecule has 4 rings (SSSR count). The van der Waals surface area contributed by atoms with Crippen molar-refractivity contribution in [3.05, 3.63) is 23.8 Å². The van der Waals surface area contributed by atoms with Gasteiger partial charge in [-0.05, 0) is 56.4 Å². The van der Waals surface area contributed by atoms with Gasteiger partial charge in [0.1, 0.15) is 0 Å². The molecule has 1 amide bonds. The van der Waals surface area contributed by atoms with E-state index in [1.165, 1.54) is 18.5 Å². The summed E-state index contributed by atoms with van der Waals surface area (Å²) in [6.07, 6.45) is 5.64. The van der Waals surface area contributed by atoms with Crippen molar-refractivity contribution in [3.63, 3.8) is 0 Å². The van der Waals surface area contributed by atoms with E-state index in [1.807, 2.05) is 13.0 Å². The molecule has 1 saturated carbocycles. The summed E-state index contributed by atoms with van der Waals surface area (Å²) in [7, 11) is 0. The van der Waals surface area contributed by atoms with Crippen LogP contribution in [0.5, 0.6) is 0 Å². The second-order valence-electron chi connectivity index (χ2n) is 7.78. The first-order valence-corrected chi connectivity index (χ1v) is 10.2. The zero-order valence-corrected chi connectivity index (χ0v) is 16.5. The summed E-state index contributed by atoms with van der Waals surface area (Å²) in [4.78, 5) is 19.9. The molecule has 152 valence electrons. The third-order valence-corrected chi connectivity index (χ3v) is 5.75. The Hall–Kier alpha value is -2.12. The van der Waals surface area contributed by atoms with E-state index in [0.29, 0.717) is 13.2 Å². The highest BCUT2D eigenvalue weighted by Gasteiger charge is 2.39. The van der Waals surface area contributed by atoms with Gasteiger partial charge in [0.05, 0.1) is 18.9 Å². The molecule has 0 atom stereocenters. The minimum atomic E-state index is -0.408. The van der Waals surface area contributed by atoms with Crippen LogP contribution < -0.4 is 10.2 Å². The van der Waals surface area contributed by atoms with E-state index in [0.717, 1.165) is 55.7 Å². The molecular weight excluding hydrogens is 358 g/mol. The standard InChI is InChI=1S/C21H29N3O4/c1-16-14-18(24-10-2-3-11-24)4-5-19(16)22-20(25)15-28-23-17-6-8-21(9-7-17)26-12-13-27-21/h4-5,14H,2-3,6-13,15H2,1H3,(H,22,25). The number of rotatable bonds is 5. The lowest BCUT2D eigenvalue weighted by atomic mass is 9.92. The second kappa shape index (κ2) is 8.49. The number of hydrogen-bond donors (Lipinski definition) is 1. The Morgan fingerprint density at radius 3 is 2.61 bits per heavy atom. The van der Waals surface area contributed by atoms with Gasteiger partial charge in [-0.1, -0.05) is 5.16 Å². The van der Waals surface area contributed by atoms with Gasteiger partial charge in [0.25, 0.3) is 5.91 Å². The van der Waals surface area contributed by atoms with E-state index in [1.54, 1.807) is 0 Å². The average molecular weight is 387 g/mol. The van der Waals surface area contributed by atoms with Crippen molar-refractivity contribution in [2.24, 2.45) is 5.16 Å². The maximum atomic E-state index is 12.2. The Morgan fingerprint density at radius 1 is 1.21 bits per heavy atom. The maximum Gasteiger partial charge on any atom is 0.265 e. The van der Waals surface area contributed by atoms with E-state index >= 15 is 0 Å². The third kappa shape index (κ3) is 4.47. The van der Waals surface area contributed by atoms with Crippen molar-refractivity contribution in [3.8, 4) is 0 Å². The molecular formula is C21H29N3O4. The van der Waals surface area contributed by atoms with Gasteiger partial charge >= 0.3 is 0 Å². The number of nitrogens with one attached hydrogen (secondary N) is 1. The van der Waals surface area contributed by atoms with Crippen molar-refractivity contribution >= 4 is 23.0 Å². The van der Waals surface area contributed by atoms with Crippen LogP contribution in [-0.4, -0.2) is 50.3 Å². The lowest BCUT2D eigenvalue weighted by Gasteiger charge is -2.31. The van der Waals surface area contributed by atoms with Crippen LogP contribution in [-0.2, 0) is 19.1 Å². The zero-order chi connectivity index (χ0) is 19.4. The number of hydrogen-bond acceptors (Lipinski definition) is 6. The Bertz CT molecular complexity index is 725. The lowest BCUT2D eigenvalue weighted by molar-refractivity contribution is -0.168. The molecule has 7 nitrogen and oxygen atoms in total. The van der Waals surface area contributed by atoms with E-state index < -0.39 is 5.79 Å². The number of aryl methyl sites for hydroxylation is 1. The number of oxime groups is 1. The molecule has 3 aliphatic rings. The summed E-state index contributed by atoms with van der Waals surface area (Å²) >= 11 is 0. The number of carbonyl (C=O) groups is 1. The molecule has 0 unspecified atom stereocenters.